The zero-order valence-corrected chi connectivity index (χ0v) is 14.6. The number of primary sulfonamides is 1. The van der Waals surface area contributed by atoms with Crippen molar-refractivity contribution in [3.63, 3.8) is 0 Å². The van der Waals surface area contributed by atoms with Gasteiger partial charge in [0.15, 0.2) is 4.32 Å². The largest absolute Gasteiger partial charge is 0.270 e. The van der Waals surface area contributed by atoms with Crippen molar-refractivity contribution >= 4 is 56.0 Å². The van der Waals surface area contributed by atoms with Crippen molar-refractivity contribution in [3.8, 4) is 0 Å². The second-order valence-electron chi connectivity index (χ2n) is 4.81. The molecule has 1 amide bonds. The highest BCUT2D eigenvalue weighted by molar-refractivity contribution is 8.27. The Morgan fingerprint density at radius 3 is 2.46 bits per heavy atom. The first kappa shape index (κ1) is 16.8. The van der Waals surface area contributed by atoms with Crippen LogP contribution in [0.15, 0.2) is 58.5 Å². The third kappa shape index (κ3) is 3.39. The summed E-state index contributed by atoms with van der Waals surface area (Å²) in [6, 6.07) is 11.1. The maximum Gasteiger partial charge on any atom is 0.270 e. The molecular weight excluding hydrogens is 366 g/mol. The van der Waals surface area contributed by atoms with E-state index in [1.807, 2.05) is 6.07 Å². The monoisotopic (exact) mass is 377 g/mol. The number of hydrogen-bond acceptors (Lipinski definition) is 6. The molecule has 0 atom stereocenters. The number of thioether (sulfide) groups is 1. The van der Waals surface area contributed by atoms with Gasteiger partial charge >= 0.3 is 0 Å². The van der Waals surface area contributed by atoms with Crippen LogP contribution in [0.4, 0.5) is 5.69 Å². The summed E-state index contributed by atoms with van der Waals surface area (Å²) in [6.45, 7) is 0. The van der Waals surface area contributed by atoms with E-state index >= 15 is 0 Å². The van der Waals surface area contributed by atoms with Crippen molar-refractivity contribution in [2.24, 2.45) is 5.14 Å². The van der Waals surface area contributed by atoms with Crippen LogP contribution in [0.3, 0.4) is 0 Å². The van der Waals surface area contributed by atoms with Gasteiger partial charge in [0, 0.05) is 6.20 Å². The van der Waals surface area contributed by atoms with Gasteiger partial charge in [0.2, 0.25) is 10.0 Å². The van der Waals surface area contributed by atoms with Gasteiger partial charge in [-0.3, -0.25) is 14.7 Å². The molecule has 0 radical (unpaired) electrons. The molecule has 1 aliphatic rings. The van der Waals surface area contributed by atoms with E-state index in [4.69, 9.17) is 17.4 Å². The van der Waals surface area contributed by atoms with Crippen molar-refractivity contribution in [2.45, 2.75) is 4.90 Å². The average Bonchev–Trinajstić information content (AvgIpc) is 2.82. The van der Waals surface area contributed by atoms with Crippen LogP contribution in [0.25, 0.3) is 6.08 Å². The summed E-state index contributed by atoms with van der Waals surface area (Å²) in [5.41, 5.74) is 1.14. The second-order valence-corrected chi connectivity index (χ2v) is 8.05. The highest BCUT2D eigenvalue weighted by Gasteiger charge is 2.33. The van der Waals surface area contributed by atoms with Gasteiger partial charge < -0.3 is 0 Å². The fourth-order valence-electron chi connectivity index (χ4n) is 2.07. The first-order chi connectivity index (χ1) is 11.4. The molecule has 1 saturated heterocycles. The fourth-order valence-corrected chi connectivity index (χ4v) is 3.87. The number of carbonyl (C=O) groups excluding carboxylic acids is 1. The molecule has 0 saturated carbocycles. The van der Waals surface area contributed by atoms with E-state index in [1.54, 1.807) is 24.4 Å². The number of hydrogen-bond donors (Lipinski definition) is 1. The van der Waals surface area contributed by atoms with Crippen molar-refractivity contribution in [1.82, 2.24) is 4.98 Å². The number of thiocarbonyl (C=S) groups is 1. The van der Waals surface area contributed by atoms with E-state index in [2.05, 4.69) is 4.98 Å². The maximum atomic E-state index is 12.6. The predicted octanol–water partition coefficient (Wildman–Crippen LogP) is 2.13. The Kier molecular flexibility index (Phi) is 4.50. The highest BCUT2D eigenvalue weighted by Crippen LogP contribution is 2.36. The molecule has 1 aromatic carbocycles. The van der Waals surface area contributed by atoms with E-state index < -0.39 is 10.0 Å². The van der Waals surface area contributed by atoms with Gasteiger partial charge in [-0.15, -0.1) is 0 Å². The third-order valence-corrected chi connectivity index (χ3v) is 5.42. The number of carbonyl (C=O) groups is 1. The van der Waals surface area contributed by atoms with E-state index in [0.717, 1.165) is 0 Å². The van der Waals surface area contributed by atoms with Crippen LogP contribution < -0.4 is 10.0 Å². The number of benzene rings is 1. The molecule has 1 fully saturated rings. The van der Waals surface area contributed by atoms with Crippen molar-refractivity contribution in [3.05, 3.63) is 59.3 Å². The zero-order valence-electron chi connectivity index (χ0n) is 12.1. The van der Waals surface area contributed by atoms with Crippen molar-refractivity contribution < 1.29 is 13.2 Å². The van der Waals surface area contributed by atoms with Gasteiger partial charge in [-0.2, -0.15) is 0 Å². The Morgan fingerprint density at radius 2 is 1.88 bits per heavy atom. The molecule has 0 bridgehead atoms. The van der Waals surface area contributed by atoms with Gasteiger partial charge in [0.1, 0.15) is 0 Å². The smallest absolute Gasteiger partial charge is 0.268 e. The number of rotatable bonds is 3. The number of aromatic nitrogens is 1. The van der Waals surface area contributed by atoms with Gasteiger partial charge in [-0.05, 0) is 42.5 Å². The number of amides is 1. The lowest BCUT2D eigenvalue weighted by Gasteiger charge is -2.14. The molecule has 2 aromatic rings. The van der Waals surface area contributed by atoms with Gasteiger partial charge in [0.25, 0.3) is 5.91 Å². The first-order valence-corrected chi connectivity index (χ1v) is 9.45. The lowest BCUT2D eigenvalue weighted by atomic mass is 10.2. The van der Waals surface area contributed by atoms with Crippen molar-refractivity contribution in [1.29, 1.82) is 0 Å². The molecule has 3 rings (SSSR count). The molecular formula is C15H11N3O3S3. The molecule has 2 heterocycles. The molecule has 122 valence electrons. The molecule has 0 unspecified atom stereocenters. The maximum absolute atomic E-state index is 12.6. The highest BCUT2D eigenvalue weighted by atomic mass is 32.2. The minimum absolute atomic E-state index is 0.0271. The van der Waals surface area contributed by atoms with E-state index in [9.17, 15) is 13.2 Å². The number of nitrogens with two attached hydrogens (primary N) is 1. The summed E-state index contributed by atoms with van der Waals surface area (Å²) in [7, 11) is -3.78. The summed E-state index contributed by atoms with van der Waals surface area (Å²) < 4.78 is 23.0. The molecule has 1 aliphatic heterocycles. The molecule has 1 aromatic heterocycles. The predicted molar refractivity (Wildman–Crippen MR) is 97.7 cm³/mol. The minimum Gasteiger partial charge on any atom is -0.268 e. The number of nitrogens with zero attached hydrogens (tertiary/aromatic N) is 2. The fraction of sp³-hybridized carbons (Fsp3) is 0. The molecule has 2 N–H and O–H groups in total. The van der Waals surface area contributed by atoms with Gasteiger partial charge in [-0.1, -0.05) is 30.0 Å². The Balaban J connectivity index is 1.91. The quantitative estimate of drug-likeness (QED) is 0.651. The minimum atomic E-state index is -3.78. The Bertz CT molecular complexity index is 939. The summed E-state index contributed by atoms with van der Waals surface area (Å²) >= 11 is 6.43. The Hall–Kier alpha value is -2.07. The van der Waals surface area contributed by atoms with E-state index in [1.165, 1.54) is 40.9 Å². The van der Waals surface area contributed by atoms with Crippen LogP contribution in [0, 0.1) is 0 Å². The summed E-state index contributed by atoms with van der Waals surface area (Å²) in [5.74, 6) is -0.279. The lowest BCUT2D eigenvalue weighted by Crippen LogP contribution is -2.27. The first-order valence-electron chi connectivity index (χ1n) is 6.68. The SMILES string of the molecule is NS(=O)(=O)c1ccc(N2C(=O)C(=Cc3ccccn3)SC2=S)cc1. The van der Waals surface area contributed by atoms with Crippen LogP contribution >= 0.6 is 24.0 Å². The standard InChI is InChI=1S/C15H11N3O3S3/c16-24(20,21)12-6-4-11(5-7-12)18-14(19)13(23-15(18)22)9-10-3-1-2-8-17-10/h1-9H,(H2,16,20,21). The molecule has 0 aliphatic carbocycles. The van der Waals surface area contributed by atoms with Crippen LogP contribution in [0.2, 0.25) is 0 Å². The second kappa shape index (κ2) is 6.44. The van der Waals surface area contributed by atoms with Crippen molar-refractivity contribution in [2.75, 3.05) is 4.90 Å². The number of pyridine rings is 1. The lowest BCUT2D eigenvalue weighted by molar-refractivity contribution is -0.113. The van der Waals surface area contributed by atoms with Crippen LogP contribution in [-0.4, -0.2) is 23.6 Å². The molecule has 6 nitrogen and oxygen atoms in total. The van der Waals surface area contributed by atoms with Crippen LogP contribution in [0.5, 0.6) is 0 Å². The van der Waals surface area contributed by atoms with E-state index in [-0.39, 0.29) is 10.8 Å². The normalized spacial score (nSPS) is 16.9. The van der Waals surface area contributed by atoms with Gasteiger partial charge in [0.05, 0.1) is 21.2 Å². The number of sulfonamides is 1. The summed E-state index contributed by atoms with van der Waals surface area (Å²) in [4.78, 5) is 18.5. The summed E-state index contributed by atoms with van der Waals surface area (Å²) in [5, 5.41) is 5.07. The Morgan fingerprint density at radius 1 is 1.17 bits per heavy atom. The third-order valence-electron chi connectivity index (χ3n) is 3.18. The zero-order chi connectivity index (χ0) is 17.3. The molecule has 0 spiro atoms. The van der Waals surface area contributed by atoms with Gasteiger partial charge in [-0.25, -0.2) is 13.6 Å². The average molecular weight is 377 g/mol. The Labute approximate surface area is 148 Å². The molecule has 9 heteroatoms. The number of anilines is 1. The van der Waals surface area contributed by atoms with E-state index in [0.29, 0.717) is 20.6 Å². The topological polar surface area (TPSA) is 93.4 Å². The van der Waals surface area contributed by atoms with Crippen LogP contribution in [0.1, 0.15) is 5.69 Å². The molecule has 24 heavy (non-hydrogen) atoms. The summed E-state index contributed by atoms with van der Waals surface area (Å²) in [6.07, 6.45) is 3.30. The van der Waals surface area contributed by atoms with Crippen LogP contribution in [-0.2, 0) is 14.8 Å².